The molecule has 168 valence electrons. The molecule has 1 saturated heterocycles. The topological polar surface area (TPSA) is 36.9 Å². The maximum atomic E-state index is 6.43. The van der Waals surface area contributed by atoms with Crippen molar-refractivity contribution in [3.63, 3.8) is 0 Å². The van der Waals surface area contributed by atoms with Gasteiger partial charge in [0.25, 0.3) is 0 Å². The van der Waals surface area contributed by atoms with Crippen LogP contribution >= 0.6 is 12.6 Å². The average Bonchev–Trinajstić information content (AvgIpc) is 2.83. The number of rotatable bonds is 9. The molecule has 0 N–H and O–H groups in total. The van der Waals surface area contributed by atoms with Gasteiger partial charge in [0.2, 0.25) is 0 Å². The molecule has 3 aromatic carbocycles. The summed E-state index contributed by atoms with van der Waals surface area (Å²) in [5.41, 5.74) is 2.89. The highest BCUT2D eigenvalue weighted by molar-refractivity contribution is 7.80. The van der Waals surface area contributed by atoms with E-state index in [0.717, 1.165) is 16.7 Å². The van der Waals surface area contributed by atoms with Crippen LogP contribution < -0.4 is 0 Å². The molecular weight excluding hydrogens is 420 g/mol. The first kappa shape index (κ1) is 23.0. The Morgan fingerprint density at radius 1 is 0.594 bits per heavy atom. The van der Waals surface area contributed by atoms with Crippen LogP contribution in [0.25, 0.3) is 0 Å². The lowest BCUT2D eigenvalue weighted by Crippen LogP contribution is -2.57. The van der Waals surface area contributed by atoms with Gasteiger partial charge in [-0.2, -0.15) is 0 Å². The standard InChI is InChI=1S/C27H30O4S/c1-20-24(28-17-21-11-5-2-6-12-21)25(29-18-22-13-7-3-8-14-22)26(27(32)31-20)30-19-23-15-9-4-10-16-23/h2-16,20,24-27,32H,17-19H2,1H3/t20-,24-,25+,26-,27+/m1/s1. The summed E-state index contributed by atoms with van der Waals surface area (Å²) < 4.78 is 25.2. The Labute approximate surface area is 195 Å². The number of benzene rings is 3. The van der Waals surface area contributed by atoms with E-state index in [4.69, 9.17) is 31.6 Å². The van der Waals surface area contributed by atoms with E-state index in [1.165, 1.54) is 0 Å². The third-order valence-corrected chi connectivity index (χ3v) is 6.02. The van der Waals surface area contributed by atoms with E-state index in [1.807, 2.05) is 73.7 Å². The Kier molecular flexibility index (Phi) is 8.37. The Bertz CT molecular complexity index is 867. The summed E-state index contributed by atoms with van der Waals surface area (Å²) in [6.45, 7) is 3.41. The zero-order valence-corrected chi connectivity index (χ0v) is 19.1. The molecule has 4 nitrogen and oxygen atoms in total. The van der Waals surface area contributed by atoms with Crippen molar-refractivity contribution in [2.45, 2.75) is 56.6 Å². The Morgan fingerprint density at radius 3 is 1.41 bits per heavy atom. The van der Waals surface area contributed by atoms with Gasteiger partial charge in [-0.05, 0) is 23.6 Å². The molecule has 0 aliphatic carbocycles. The van der Waals surface area contributed by atoms with Crippen molar-refractivity contribution in [2.24, 2.45) is 0 Å². The van der Waals surface area contributed by atoms with Gasteiger partial charge in [0.15, 0.2) is 0 Å². The minimum Gasteiger partial charge on any atom is -0.368 e. The van der Waals surface area contributed by atoms with Gasteiger partial charge in [0.1, 0.15) is 23.7 Å². The van der Waals surface area contributed by atoms with Crippen LogP contribution in [0.2, 0.25) is 0 Å². The number of ether oxygens (including phenoxy) is 4. The van der Waals surface area contributed by atoms with Crippen LogP contribution in [0.5, 0.6) is 0 Å². The monoisotopic (exact) mass is 450 g/mol. The van der Waals surface area contributed by atoms with Crippen LogP contribution in [0.4, 0.5) is 0 Å². The smallest absolute Gasteiger partial charge is 0.129 e. The summed E-state index contributed by atoms with van der Waals surface area (Å²) in [5, 5.41) is 0. The number of hydrogen-bond acceptors (Lipinski definition) is 5. The molecule has 0 radical (unpaired) electrons. The summed E-state index contributed by atoms with van der Waals surface area (Å²) in [4.78, 5) is 0. The molecule has 0 amide bonds. The summed E-state index contributed by atoms with van der Waals surface area (Å²) in [5.74, 6) is 0. The van der Waals surface area contributed by atoms with Crippen molar-refractivity contribution in [1.82, 2.24) is 0 Å². The maximum Gasteiger partial charge on any atom is 0.129 e. The SMILES string of the molecule is C[C@H]1O[C@@H](S)[C@H](OCc2ccccc2)[C@@H](OCc2ccccc2)[C@@H]1OCc1ccccc1. The van der Waals surface area contributed by atoms with Gasteiger partial charge < -0.3 is 18.9 Å². The normalized spacial score (nSPS) is 25.5. The minimum absolute atomic E-state index is 0.182. The van der Waals surface area contributed by atoms with Gasteiger partial charge in [-0.15, -0.1) is 12.6 Å². The first-order chi connectivity index (χ1) is 15.7. The third-order valence-electron chi connectivity index (χ3n) is 5.60. The fourth-order valence-electron chi connectivity index (χ4n) is 3.89. The highest BCUT2D eigenvalue weighted by Gasteiger charge is 2.45. The molecule has 0 saturated carbocycles. The molecule has 32 heavy (non-hydrogen) atoms. The summed E-state index contributed by atoms with van der Waals surface area (Å²) >= 11 is 4.70. The second-order valence-electron chi connectivity index (χ2n) is 8.02. The van der Waals surface area contributed by atoms with Crippen LogP contribution in [-0.4, -0.2) is 29.9 Å². The van der Waals surface area contributed by atoms with E-state index in [2.05, 4.69) is 24.3 Å². The zero-order valence-electron chi connectivity index (χ0n) is 18.2. The first-order valence-corrected chi connectivity index (χ1v) is 11.5. The van der Waals surface area contributed by atoms with Gasteiger partial charge in [-0.1, -0.05) is 91.0 Å². The van der Waals surface area contributed by atoms with Crippen molar-refractivity contribution >= 4 is 12.6 Å². The molecule has 0 unspecified atom stereocenters. The average molecular weight is 451 g/mol. The molecule has 1 fully saturated rings. The summed E-state index contributed by atoms with van der Waals surface area (Å²) in [7, 11) is 0. The predicted molar refractivity (Wildman–Crippen MR) is 128 cm³/mol. The molecular formula is C27H30O4S. The van der Waals surface area contributed by atoms with Gasteiger partial charge in [0, 0.05) is 0 Å². The largest absolute Gasteiger partial charge is 0.368 e. The Morgan fingerprint density at radius 2 is 0.969 bits per heavy atom. The van der Waals surface area contributed by atoms with Gasteiger partial charge in [-0.25, -0.2) is 0 Å². The van der Waals surface area contributed by atoms with Crippen LogP contribution in [0.3, 0.4) is 0 Å². The highest BCUT2D eigenvalue weighted by atomic mass is 32.1. The Hall–Kier alpha value is -2.15. The Balaban J connectivity index is 1.50. The van der Waals surface area contributed by atoms with Crippen molar-refractivity contribution in [3.05, 3.63) is 108 Å². The molecule has 0 aromatic heterocycles. The van der Waals surface area contributed by atoms with Gasteiger partial charge in [-0.3, -0.25) is 0 Å². The lowest BCUT2D eigenvalue weighted by atomic mass is 9.99. The number of hydrogen-bond donors (Lipinski definition) is 1. The van der Waals surface area contributed by atoms with E-state index >= 15 is 0 Å². The molecule has 1 heterocycles. The van der Waals surface area contributed by atoms with E-state index in [-0.39, 0.29) is 24.4 Å². The van der Waals surface area contributed by atoms with Crippen LogP contribution in [0.15, 0.2) is 91.0 Å². The van der Waals surface area contributed by atoms with E-state index in [9.17, 15) is 0 Å². The molecule has 0 bridgehead atoms. The first-order valence-electron chi connectivity index (χ1n) is 11.0. The number of thiol groups is 1. The van der Waals surface area contributed by atoms with Crippen LogP contribution in [-0.2, 0) is 38.8 Å². The van der Waals surface area contributed by atoms with Crippen molar-refractivity contribution in [1.29, 1.82) is 0 Å². The highest BCUT2D eigenvalue weighted by Crippen LogP contribution is 2.31. The molecule has 5 atom stereocenters. The molecule has 1 aliphatic heterocycles. The van der Waals surface area contributed by atoms with Gasteiger partial charge >= 0.3 is 0 Å². The summed E-state index contributed by atoms with van der Waals surface area (Å²) in [6.07, 6.45) is -1.17. The summed E-state index contributed by atoms with van der Waals surface area (Å²) in [6, 6.07) is 30.4. The van der Waals surface area contributed by atoms with Gasteiger partial charge in [0.05, 0.1) is 25.9 Å². The molecule has 0 spiro atoms. The van der Waals surface area contributed by atoms with Crippen molar-refractivity contribution in [3.8, 4) is 0 Å². The lowest BCUT2D eigenvalue weighted by Gasteiger charge is -2.44. The molecule has 3 aromatic rings. The minimum atomic E-state index is -0.411. The van der Waals surface area contributed by atoms with E-state index in [0.29, 0.717) is 19.8 Å². The maximum absolute atomic E-state index is 6.43. The molecule has 5 heteroatoms. The predicted octanol–water partition coefficient (Wildman–Crippen LogP) is 5.42. The fourth-order valence-corrected chi connectivity index (χ4v) is 4.34. The van der Waals surface area contributed by atoms with E-state index in [1.54, 1.807) is 0 Å². The lowest BCUT2D eigenvalue weighted by molar-refractivity contribution is -0.242. The third kappa shape index (κ3) is 6.21. The van der Waals surface area contributed by atoms with Crippen LogP contribution in [0.1, 0.15) is 23.6 Å². The second kappa shape index (κ2) is 11.6. The van der Waals surface area contributed by atoms with Crippen molar-refractivity contribution in [2.75, 3.05) is 0 Å². The zero-order chi connectivity index (χ0) is 22.2. The van der Waals surface area contributed by atoms with Crippen LogP contribution in [0, 0.1) is 0 Å². The van der Waals surface area contributed by atoms with Crippen molar-refractivity contribution < 1.29 is 18.9 Å². The fraction of sp³-hybridized carbons (Fsp3) is 0.333. The second-order valence-corrected chi connectivity index (χ2v) is 8.52. The quantitative estimate of drug-likeness (QED) is 0.442. The molecule has 1 aliphatic rings. The van der Waals surface area contributed by atoms with E-state index < -0.39 is 5.44 Å². The molecule has 4 rings (SSSR count).